The van der Waals surface area contributed by atoms with Gasteiger partial charge in [-0.2, -0.15) is 8.78 Å². The maximum Gasteiger partial charge on any atom is 0.394 e. The van der Waals surface area contributed by atoms with E-state index in [1.54, 1.807) is 25.1 Å². The Labute approximate surface area is 76.3 Å². The number of benzene rings is 1. The lowest BCUT2D eigenvalue weighted by atomic mass is 10.1. The number of ether oxygens (including phenoxy) is 1. The highest BCUT2D eigenvalue weighted by molar-refractivity contribution is 5.35. The Kier molecular flexibility index (Phi) is 2.55. The average Bonchev–Trinajstić information content (AvgIpc) is 1.93. The lowest BCUT2D eigenvalue weighted by Gasteiger charge is -2.14. The Morgan fingerprint density at radius 3 is 2.31 bits per heavy atom. The van der Waals surface area contributed by atoms with Gasteiger partial charge < -0.3 is 4.74 Å². The summed E-state index contributed by atoms with van der Waals surface area (Å²) >= 11 is 0. The van der Waals surface area contributed by atoms with E-state index in [1.165, 1.54) is 0 Å². The monoisotopic (exact) mass is 186 g/mol. The van der Waals surface area contributed by atoms with E-state index < -0.39 is 6.11 Å². The maximum absolute atomic E-state index is 12.5. The molecule has 1 aromatic carbocycles. The molecule has 0 aliphatic rings. The predicted octanol–water partition coefficient (Wildman–Crippen LogP) is 3.29. The highest BCUT2D eigenvalue weighted by Crippen LogP contribution is 2.25. The lowest BCUT2D eigenvalue weighted by Crippen LogP contribution is -2.19. The van der Waals surface area contributed by atoms with Crippen molar-refractivity contribution in [2.45, 2.75) is 26.9 Å². The molecule has 3 heteroatoms. The van der Waals surface area contributed by atoms with E-state index in [0.717, 1.165) is 18.1 Å². The Bertz CT molecular complexity index is 302. The van der Waals surface area contributed by atoms with Gasteiger partial charge in [-0.25, -0.2) is 0 Å². The Balaban J connectivity index is 2.90. The topological polar surface area (TPSA) is 9.23 Å². The fourth-order valence-electron chi connectivity index (χ4n) is 1.11. The van der Waals surface area contributed by atoms with Crippen molar-refractivity contribution in [2.24, 2.45) is 0 Å². The summed E-state index contributed by atoms with van der Waals surface area (Å²) in [6, 6.07) is 5.11. The molecule has 0 aliphatic heterocycles. The van der Waals surface area contributed by atoms with Crippen LogP contribution >= 0.6 is 0 Å². The Morgan fingerprint density at radius 2 is 1.85 bits per heavy atom. The number of hydrogen-bond donors (Lipinski definition) is 0. The molecule has 0 atom stereocenters. The third kappa shape index (κ3) is 3.01. The van der Waals surface area contributed by atoms with Crippen molar-refractivity contribution in [1.29, 1.82) is 0 Å². The molecule has 0 fully saturated rings. The van der Waals surface area contributed by atoms with Crippen molar-refractivity contribution in [1.82, 2.24) is 0 Å². The summed E-state index contributed by atoms with van der Waals surface area (Å²) in [4.78, 5) is 0. The first-order chi connectivity index (χ1) is 5.88. The minimum Gasteiger partial charge on any atom is -0.433 e. The van der Waals surface area contributed by atoms with Crippen LogP contribution in [0.2, 0.25) is 0 Å². The summed E-state index contributed by atoms with van der Waals surface area (Å²) in [6.45, 7) is 4.38. The van der Waals surface area contributed by atoms with Gasteiger partial charge in [0.25, 0.3) is 0 Å². The first-order valence-electron chi connectivity index (χ1n) is 4.02. The zero-order valence-corrected chi connectivity index (χ0v) is 7.90. The second-order valence-electron chi connectivity index (χ2n) is 3.18. The van der Waals surface area contributed by atoms with Gasteiger partial charge in [0, 0.05) is 6.92 Å². The number of halogens is 2. The molecule has 0 saturated heterocycles. The van der Waals surface area contributed by atoms with Gasteiger partial charge in [-0.1, -0.05) is 17.7 Å². The summed E-state index contributed by atoms with van der Waals surface area (Å²) in [7, 11) is 0. The number of rotatable bonds is 2. The van der Waals surface area contributed by atoms with Crippen molar-refractivity contribution in [3.05, 3.63) is 29.3 Å². The molecule has 0 amide bonds. The fraction of sp³-hybridized carbons (Fsp3) is 0.400. The van der Waals surface area contributed by atoms with E-state index in [1.807, 2.05) is 6.92 Å². The molecule has 0 aromatic heterocycles. The van der Waals surface area contributed by atoms with Crippen LogP contribution in [0.4, 0.5) is 8.78 Å². The quantitative estimate of drug-likeness (QED) is 0.688. The second-order valence-corrected chi connectivity index (χ2v) is 3.18. The van der Waals surface area contributed by atoms with Gasteiger partial charge in [0.15, 0.2) is 0 Å². The van der Waals surface area contributed by atoms with E-state index in [9.17, 15) is 8.78 Å². The molecule has 0 bridgehead atoms. The van der Waals surface area contributed by atoms with Gasteiger partial charge >= 0.3 is 6.11 Å². The Hall–Kier alpha value is -1.12. The van der Waals surface area contributed by atoms with Gasteiger partial charge in [-0.15, -0.1) is 0 Å². The molecular formula is C10H12F2O. The van der Waals surface area contributed by atoms with Crippen LogP contribution in [0.3, 0.4) is 0 Å². The van der Waals surface area contributed by atoms with E-state index >= 15 is 0 Å². The second kappa shape index (κ2) is 3.32. The van der Waals surface area contributed by atoms with Crippen LogP contribution in [-0.2, 0) is 0 Å². The molecule has 0 radical (unpaired) electrons. The summed E-state index contributed by atoms with van der Waals surface area (Å²) < 4.78 is 29.4. The average molecular weight is 186 g/mol. The van der Waals surface area contributed by atoms with Crippen LogP contribution in [-0.4, -0.2) is 6.11 Å². The van der Waals surface area contributed by atoms with Crippen molar-refractivity contribution < 1.29 is 13.5 Å². The number of hydrogen-bond acceptors (Lipinski definition) is 1. The molecule has 1 aromatic rings. The third-order valence-electron chi connectivity index (χ3n) is 1.62. The normalized spacial score (nSPS) is 11.5. The maximum atomic E-state index is 12.5. The summed E-state index contributed by atoms with van der Waals surface area (Å²) in [5.74, 6) is 0.234. The number of alkyl halides is 2. The van der Waals surface area contributed by atoms with Crippen LogP contribution < -0.4 is 4.74 Å². The molecule has 0 heterocycles. The first kappa shape index (κ1) is 9.96. The van der Waals surface area contributed by atoms with Gasteiger partial charge in [-0.05, 0) is 25.5 Å². The minimum atomic E-state index is -3.11. The molecule has 13 heavy (non-hydrogen) atoms. The van der Waals surface area contributed by atoms with E-state index in [4.69, 9.17) is 0 Å². The minimum absolute atomic E-state index is 0.234. The van der Waals surface area contributed by atoms with E-state index in [-0.39, 0.29) is 5.75 Å². The molecule has 0 saturated carbocycles. The van der Waals surface area contributed by atoms with E-state index in [0.29, 0.717) is 0 Å². The SMILES string of the molecule is Cc1ccc(OC(C)(F)F)c(C)c1. The molecule has 1 nitrogen and oxygen atoms in total. The predicted molar refractivity (Wildman–Crippen MR) is 47.2 cm³/mol. The van der Waals surface area contributed by atoms with Crippen LogP contribution in [0.1, 0.15) is 18.1 Å². The van der Waals surface area contributed by atoms with E-state index in [2.05, 4.69) is 4.74 Å². The molecule has 72 valence electrons. The van der Waals surface area contributed by atoms with Crippen molar-refractivity contribution in [3.63, 3.8) is 0 Å². The van der Waals surface area contributed by atoms with Gasteiger partial charge in [0.1, 0.15) is 5.75 Å². The first-order valence-corrected chi connectivity index (χ1v) is 4.02. The molecular weight excluding hydrogens is 174 g/mol. The van der Waals surface area contributed by atoms with Gasteiger partial charge in [-0.3, -0.25) is 0 Å². The molecule has 0 unspecified atom stereocenters. The molecule has 1 rings (SSSR count). The smallest absolute Gasteiger partial charge is 0.394 e. The van der Waals surface area contributed by atoms with Crippen molar-refractivity contribution in [2.75, 3.05) is 0 Å². The summed E-state index contributed by atoms with van der Waals surface area (Å²) in [6.07, 6.45) is -3.11. The van der Waals surface area contributed by atoms with Crippen LogP contribution in [0.5, 0.6) is 5.75 Å². The molecule has 0 spiro atoms. The van der Waals surface area contributed by atoms with Gasteiger partial charge in [0.05, 0.1) is 0 Å². The van der Waals surface area contributed by atoms with Gasteiger partial charge in [0.2, 0.25) is 0 Å². The third-order valence-corrected chi connectivity index (χ3v) is 1.62. The van der Waals surface area contributed by atoms with Crippen LogP contribution in [0.25, 0.3) is 0 Å². The zero-order chi connectivity index (χ0) is 10.1. The number of aryl methyl sites for hydroxylation is 2. The van der Waals surface area contributed by atoms with Crippen molar-refractivity contribution in [3.8, 4) is 5.75 Å². The molecule has 0 aliphatic carbocycles. The lowest BCUT2D eigenvalue weighted by molar-refractivity contribution is -0.159. The Morgan fingerprint density at radius 1 is 1.23 bits per heavy atom. The highest BCUT2D eigenvalue weighted by Gasteiger charge is 2.23. The molecule has 0 N–H and O–H groups in total. The van der Waals surface area contributed by atoms with Crippen LogP contribution in [0, 0.1) is 13.8 Å². The van der Waals surface area contributed by atoms with Crippen molar-refractivity contribution >= 4 is 0 Å². The summed E-state index contributed by atoms with van der Waals surface area (Å²) in [5.41, 5.74) is 1.76. The standard InChI is InChI=1S/C10H12F2O/c1-7-4-5-9(8(2)6-7)13-10(3,11)12/h4-6H,1-3H3. The fourth-order valence-corrected chi connectivity index (χ4v) is 1.11. The highest BCUT2D eigenvalue weighted by atomic mass is 19.3. The zero-order valence-electron chi connectivity index (χ0n) is 7.90. The largest absolute Gasteiger partial charge is 0.433 e. The van der Waals surface area contributed by atoms with Crippen LogP contribution in [0.15, 0.2) is 18.2 Å². The summed E-state index contributed by atoms with van der Waals surface area (Å²) in [5, 5.41) is 0.